The van der Waals surface area contributed by atoms with E-state index in [1.807, 2.05) is 49.0 Å². The molecular weight excluding hydrogens is 322 g/mol. The molecule has 0 bridgehead atoms. The predicted octanol–water partition coefficient (Wildman–Crippen LogP) is 4.34. The van der Waals surface area contributed by atoms with Crippen molar-refractivity contribution in [2.24, 2.45) is 0 Å². The van der Waals surface area contributed by atoms with E-state index in [1.54, 1.807) is 11.3 Å². The second kappa shape index (κ2) is 5.19. The fourth-order valence-corrected chi connectivity index (χ4v) is 2.67. The molecule has 2 heterocycles. The number of benzene rings is 1. The van der Waals surface area contributed by atoms with Crippen LogP contribution >= 0.6 is 27.3 Å². The first-order valence-corrected chi connectivity index (χ1v) is 7.40. The minimum Gasteiger partial charge on any atom is -0.234 e. The van der Waals surface area contributed by atoms with Crippen LogP contribution in [-0.2, 0) is 0 Å². The summed E-state index contributed by atoms with van der Waals surface area (Å²) in [5, 5.41) is 2.87. The molecule has 0 amide bonds. The van der Waals surface area contributed by atoms with Gasteiger partial charge >= 0.3 is 0 Å². The second-order valence-corrected chi connectivity index (χ2v) is 5.90. The number of thiazole rings is 1. The standard InChI is InChI=1S/C14H10BrN3S/c1-9-6-16-13(17-7-9)14-18-12(8-19-14)10-2-4-11(15)5-3-10/h2-8H,1H3. The van der Waals surface area contributed by atoms with E-state index in [-0.39, 0.29) is 0 Å². The average Bonchev–Trinajstić information content (AvgIpc) is 2.90. The van der Waals surface area contributed by atoms with Gasteiger partial charge in [-0.2, -0.15) is 0 Å². The van der Waals surface area contributed by atoms with Gasteiger partial charge in [-0.15, -0.1) is 11.3 Å². The van der Waals surface area contributed by atoms with E-state index >= 15 is 0 Å². The van der Waals surface area contributed by atoms with Gasteiger partial charge in [-0.1, -0.05) is 28.1 Å². The van der Waals surface area contributed by atoms with Crippen LogP contribution < -0.4 is 0 Å². The topological polar surface area (TPSA) is 38.7 Å². The highest BCUT2D eigenvalue weighted by atomic mass is 79.9. The number of nitrogens with zero attached hydrogens (tertiary/aromatic N) is 3. The van der Waals surface area contributed by atoms with Crippen molar-refractivity contribution >= 4 is 27.3 Å². The fraction of sp³-hybridized carbons (Fsp3) is 0.0714. The Bertz CT molecular complexity index is 629. The molecule has 0 saturated heterocycles. The van der Waals surface area contributed by atoms with Crippen LogP contribution in [0.4, 0.5) is 0 Å². The number of hydrogen-bond donors (Lipinski definition) is 0. The minimum absolute atomic E-state index is 0.680. The van der Waals surface area contributed by atoms with E-state index in [0.29, 0.717) is 5.82 Å². The lowest BCUT2D eigenvalue weighted by molar-refractivity contribution is 1.13. The minimum atomic E-state index is 0.680. The van der Waals surface area contributed by atoms with Gasteiger partial charge in [0.05, 0.1) is 5.69 Å². The van der Waals surface area contributed by atoms with E-state index in [9.17, 15) is 0 Å². The SMILES string of the molecule is Cc1cnc(-c2nc(-c3ccc(Br)cc3)cs2)nc1. The van der Waals surface area contributed by atoms with Crippen LogP contribution in [0.15, 0.2) is 46.5 Å². The molecule has 1 aromatic carbocycles. The van der Waals surface area contributed by atoms with E-state index in [1.165, 1.54) is 0 Å². The Kier molecular flexibility index (Phi) is 3.40. The highest BCUT2D eigenvalue weighted by Crippen LogP contribution is 2.27. The first kappa shape index (κ1) is 12.4. The molecule has 0 fully saturated rings. The zero-order chi connectivity index (χ0) is 13.2. The van der Waals surface area contributed by atoms with Crippen molar-refractivity contribution in [3.8, 4) is 22.1 Å². The fourth-order valence-electron chi connectivity index (χ4n) is 1.63. The van der Waals surface area contributed by atoms with Crippen molar-refractivity contribution in [3.63, 3.8) is 0 Å². The number of aryl methyl sites for hydroxylation is 1. The Labute approximate surface area is 123 Å². The number of rotatable bonds is 2. The third-order valence-corrected chi connectivity index (χ3v) is 3.98. The molecule has 0 saturated carbocycles. The summed E-state index contributed by atoms with van der Waals surface area (Å²) < 4.78 is 1.06. The van der Waals surface area contributed by atoms with Crippen molar-refractivity contribution in [1.82, 2.24) is 15.0 Å². The van der Waals surface area contributed by atoms with Crippen LogP contribution in [0.2, 0.25) is 0 Å². The van der Waals surface area contributed by atoms with Gasteiger partial charge in [0.25, 0.3) is 0 Å². The lowest BCUT2D eigenvalue weighted by atomic mass is 10.2. The zero-order valence-electron chi connectivity index (χ0n) is 10.2. The highest BCUT2D eigenvalue weighted by molar-refractivity contribution is 9.10. The van der Waals surface area contributed by atoms with E-state index < -0.39 is 0 Å². The molecule has 0 radical (unpaired) electrons. The van der Waals surface area contributed by atoms with Crippen molar-refractivity contribution in [3.05, 3.63) is 52.1 Å². The molecule has 2 aromatic heterocycles. The number of aromatic nitrogens is 3. The summed E-state index contributed by atoms with van der Waals surface area (Å²) in [5.41, 5.74) is 3.10. The Morgan fingerprint density at radius 1 is 1.05 bits per heavy atom. The van der Waals surface area contributed by atoms with Gasteiger partial charge in [0.1, 0.15) is 0 Å². The molecule has 0 aliphatic rings. The lowest BCUT2D eigenvalue weighted by Gasteiger charge is -1.97. The molecule has 19 heavy (non-hydrogen) atoms. The molecule has 0 N–H and O–H groups in total. The first-order chi connectivity index (χ1) is 9.22. The Morgan fingerprint density at radius 2 is 1.74 bits per heavy atom. The maximum Gasteiger partial charge on any atom is 0.188 e. The van der Waals surface area contributed by atoms with Gasteiger partial charge in [0.15, 0.2) is 10.8 Å². The molecule has 3 nitrogen and oxygen atoms in total. The predicted molar refractivity (Wildman–Crippen MR) is 81.0 cm³/mol. The molecule has 5 heteroatoms. The molecule has 0 spiro atoms. The Balaban J connectivity index is 1.95. The molecular formula is C14H10BrN3S. The number of hydrogen-bond acceptors (Lipinski definition) is 4. The molecule has 0 aliphatic heterocycles. The van der Waals surface area contributed by atoms with Crippen LogP contribution in [0.5, 0.6) is 0 Å². The van der Waals surface area contributed by atoms with Crippen LogP contribution in [0.25, 0.3) is 22.1 Å². The third kappa shape index (κ3) is 2.72. The maximum atomic E-state index is 4.59. The largest absolute Gasteiger partial charge is 0.234 e. The van der Waals surface area contributed by atoms with Gasteiger partial charge in [0.2, 0.25) is 0 Å². The number of halogens is 1. The smallest absolute Gasteiger partial charge is 0.188 e. The average molecular weight is 332 g/mol. The normalized spacial score (nSPS) is 10.6. The Morgan fingerprint density at radius 3 is 2.42 bits per heavy atom. The molecule has 94 valence electrons. The molecule has 0 atom stereocenters. The van der Waals surface area contributed by atoms with Gasteiger partial charge in [0, 0.05) is 27.8 Å². The maximum absolute atomic E-state index is 4.59. The summed E-state index contributed by atoms with van der Waals surface area (Å²) in [6, 6.07) is 8.10. The van der Waals surface area contributed by atoms with Gasteiger partial charge < -0.3 is 0 Å². The van der Waals surface area contributed by atoms with Crippen LogP contribution in [-0.4, -0.2) is 15.0 Å². The van der Waals surface area contributed by atoms with Crippen molar-refractivity contribution < 1.29 is 0 Å². The second-order valence-electron chi connectivity index (χ2n) is 4.13. The monoisotopic (exact) mass is 331 g/mol. The van der Waals surface area contributed by atoms with Gasteiger partial charge in [-0.05, 0) is 24.6 Å². The van der Waals surface area contributed by atoms with E-state index in [4.69, 9.17) is 0 Å². The Hall–Kier alpha value is -1.59. The van der Waals surface area contributed by atoms with Crippen molar-refractivity contribution in [1.29, 1.82) is 0 Å². The van der Waals surface area contributed by atoms with E-state index in [0.717, 1.165) is 26.3 Å². The highest BCUT2D eigenvalue weighted by Gasteiger charge is 2.08. The summed E-state index contributed by atoms with van der Waals surface area (Å²) >= 11 is 4.99. The molecule has 0 aliphatic carbocycles. The first-order valence-electron chi connectivity index (χ1n) is 5.73. The van der Waals surface area contributed by atoms with E-state index in [2.05, 4.69) is 30.9 Å². The summed E-state index contributed by atoms with van der Waals surface area (Å²) in [5.74, 6) is 0.680. The molecule has 3 rings (SSSR count). The van der Waals surface area contributed by atoms with Crippen molar-refractivity contribution in [2.75, 3.05) is 0 Å². The van der Waals surface area contributed by atoms with Gasteiger partial charge in [-0.3, -0.25) is 0 Å². The summed E-state index contributed by atoms with van der Waals surface area (Å²) in [6.07, 6.45) is 3.62. The summed E-state index contributed by atoms with van der Waals surface area (Å²) in [4.78, 5) is 13.2. The molecule has 3 aromatic rings. The summed E-state index contributed by atoms with van der Waals surface area (Å²) in [7, 11) is 0. The van der Waals surface area contributed by atoms with Gasteiger partial charge in [-0.25, -0.2) is 15.0 Å². The van der Waals surface area contributed by atoms with Crippen LogP contribution in [0.1, 0.15) is 5.56 Å². The lowest BCUT2D eigenvalue weighted by Crippen LogP contribution is -1.88. The van der Waals surface area contributed by atoms with Crippen molar-refractivity contribution in [2.45, 2.75) is 6.92 Å². The third-order valence-electron chi connectivity index (χ3n) is 2.62. The quantitative estimate of drug-likeness (QED) is 0.701. The van der Waals surface area contributed by atoms with Crippen LogP contribution in [0.3, 0.4) is 0 Å². The summed E-state index contributed by atoms with van der Waals surface area (Å²) in [6.45, 7) is 1.97. The van der Waals surface area contributed by atoms with Crippen LogP contribution in [0, 0.1) is 6.92 Å². The zero-order valence-corrected chi connectivity index (χ0v) is 12.6. The molecule has 0 unspecified atom stereocenters.